The first-order valence-electron chi connectivity index (χ1n) is 5.76. The van der Waals surface area contributed by atoms with E-state index in [1.807, 2.05) is 41.1 Å². The second-order valence-electron chi connectivity index (χ2n) is 4.18. The number of aromatic nitrogens is 1. The Morgan fingerprint density at radius 3 is 2.47 bits per heavy atom. The Morgan fingerprint density at radius 2 is 1.76 bits per heavy atom. The Kier molecular flexibility index (Phi) is 3.66. The lowest BCUT2D eigenvalue weighted by Gasteiger charge is -2.02. The molecule has 0 aliphatic carbocycles. The minimum absolute atomic E-state index is 0.176. The summed E-state index contributed by atoms with van der Waals surface area (Å²) in [4.78, 5) is 11.2. The van der Waals surface area contributed by atoms with Crippen LogP contribution in [0.15, 0.2) is 54.7 Å². The molecule has 0 spiro atoms. The fourth-order valence-electron chi connectivity index (χ4n) is 1.87. The van der Waals surface area contributed by atoms with Crippen LogP contribution >= 0.6 is 0 Å². The number of hydrogen-bond acceptors (Lipinski definition) is 1. The van der Waals surface area contributed by atoms with Crippen molar-refractivity contribution >= 4 is 5.78 Å². The van der Waals surface area contributed by atoms with E-state index in [0.717, 1.165) is 12.1 Å². The molecule has 0 N–H and O–H groups in total. The Bertz CT molecular complexity index is 505. The molecule has 2 aromatic rings. The van der Waals surface area contributed by atoms with E-state index in [1.54, 1.807) is 6.92 Å². The van der Waals surface area contributed by atoms with E-state index >= 15 is 0 Å². The SMILES string of the molecule is CC(=O)C[n+]1ccccc1Cc1ccccc1. The van der Waals surface area contributed by atoms with Gasteiger partial charge >= 0.3 is 0 Å². The maximum absolute atomic E-state index is 11.2. The molecule has 0 radical (unpaired) electrons. The van der Waals surface area contributed by atoms with Gasteiger partial charge in [0.05, 0.1) is 6.42 Å². The quantitative estimate of drug-likeness (QED) is 0.732. The molecule has 0 aliphatic heterocycles. The summed E-state index contributed by atoms with van der Waals surface area (Å²) < 4.78 is 2.01. The minimum atomic E-state index is 0.176. The van der Waals surface area contributed by atoms with Gasteiger partial charge < -0.3 is 0 Å². The molecule has 86 valence electrons. The molecule has 1 heterocycles. The van der Waals surface area contributed by atoms with Gasteiger partial charge in [-0.2, -0.15) is 4.57 Å². The largest absolute Gasteiger partial charge is 0.293 e. The summed E-state index contributed by atoms with van der Waals surface area (Å²) in [5.74, 6) is 0.176. The van der Waals surface area contributed by atoms with Crippen molar-refractivity contribution < 1.29 is 9.36 Å². The van der Waals surface area contributed by atoms with Crippen LogP contribution in [0.25, 0.3) is 0 Å². The minimum Gasteiger partial charge on any atom is -0.293 e. The molecule has 2 rings (SSSR count). The molecule has 2 nitrogen and oxygen atoms in total. The molecule has 0 aliphatic rings. The van der Waals surface area contributed by atoms with Crippen molar-refractivity contribution in [2.24, 2.45) is 0 Å². The Balaban J connectivity index is 2.23. The number of carbonyl (C=O) groups excluding carboxylic acids is 1. The first kappa shape index (κ1) is 11.5. The average molecular weight is 226 g/mol. The van der Waals surface area contributed by atoms with E-state index in [2.05, 4.69) is 18.2 Å². The number of Topliss-reactive ketones (excluding diaryl/α,β-unsaturated/α-hetero) is 1. The lowest BCUT2D eigenvalue weighted by Crippen LogP contribution is -2.40. The van der Waals surface area contributed by atoms with Crippen LogP contribution in [0.2, 0.25) is 0 Å². The summed E-state index contributed by atoms with van der Waals surface area (Å²) in [7, 11) is 0. The molecule has 0 fully saturated rings. The van der Waals surface area contributed by atoms with Gasteiger partial charge in [-0.1, -0.05) is 36.4 Å². The van der Waals surface area contributed by atoms with Crippen LogP contribution < -0.4 is 4.57 Å². The van der Waals surface area contributed by atoms with Crippen molar-refractivity contribution in [2.45, 2.75) is 19.9 Å². The number of carbonyl (C=O) groups is 1. The Labute approximate surface area is 102 Å². The number of benzene rings is 1. The van der Waals surface area contributed by atoms with Gasteiger partial charge in [0.25, 0.3) is 0 Å². The number of nitrogens with zero attached hydrogens (tertiary/aromatic N) is 1. The van der Waals surface area contributed by atoms with Crippen LogP contribution in [0.4, 0.5) is 0 Å². The molecule has 2 heteroatoms. The fourth-order valence-corrected chi connectivity index (χ4v) is 1.87. The molecular formula is C15H16NO+. The second-order valence-corrected chi connectivity index (χ2v) is 4.18. The lowest BCUT2D eigenvalue weighted by atomic mass is 10.1. The number of ketones is 1. The monoisotopic (exact) mass is 226 g/mol. The molecule has 0 saturated heterocycles. The third kappa shape index (κ3) is 3.25. The first-order valence-corrected chi connectivity index (χ1v) is 5.76. The van der Waals surface area contributed by atoms with E-state index in [1.165, 1.54) is 5.56 Å². The van der Waals surface area contributed by atoms with Gasteiger partial charge in [0.2, 0.25) is 6.54 Å². The predicted molar refractivity (Wildman–Crippen MR) is 66.6 cm³/mol. The average Bonchev–Trinajstić information content (AvgIpc) is 2.32. The standard InChI is InChI=1S/C15H16NO/c1-13(17)12-16-10-6-5-9-15(16)11-14-7-3-2-4-8-14/h2-10H,11-12H2,1H3/q+1. The number of rotatable bonds is 4. The van der Waals surface area contributed by atoms with E-state index in [9.17, 15) is 4.79 Å². The topological polar surface area (TPSA) is 20.9 Å². The highest BCUT2D eigenvalue weighted by molar-refractivity contribution is 5.73. The zero-order valence-corrected chi connectivity index (χ0v) is 9.97. The molecule has 0 bridgehead atoms. The number of pyridine rings is 1. The Morgan fingerprint density at radius 1 is 1.06 bits per heavy atom. The molecule has 1 aromatic heterocycles. The summed E-state index contributed by atoms with van der Waals surface area (Å²) >= 11 is 0. The molecular weight excluding hydrogens is 210 g/mol. The second kappa shape index (κ2) is 5.39. The third-order valence-corrected chi connectivity index (χ3v) is 2.66. The highest BCUT2D eigenvalue weighted by atomic mass is 16.1. The van der Waals surface area contributed by atoms with E-state index in [0.29, 0.717) is 6.54 Å². The number of hydrogen-bond donors (Lipinski definition) is 0. The summed E-state index contributed by atoms with van der Waals surface area (Å²) in [6.07, 6.45) is 2.81. The van der Waals surface area contributed by atoms with Crippen LogP contribution in [-0.4, -0.2) is 5.78 Å². The van der Waals surface area contributed by atoms with E-state index in [4.69, 9.17) is 0 Å². The van der Waals surface area contributed by atoms with Crippen molar-refractivity contribution in [1.29, 1.82) is 0 Å². The zero-order chi connectivity index (χ0) is 12.1. The van der Waals surface area contributed by atoms with Gasteiger partial charge in [0, 0.05) is 19.1 Å². The third-order valence-electron chi connectivity index (χ3n) is 2.66. The van der Waals surface area contributed by atoms with Crippen molar-refractivity contribution in [2.75, 3.05) is 0 Å². The van der Waals surface area contributed by atoms with Crippen molar-refractivity contribution in [3.63, 3.8) is 0 Å². The molecule has 1 aromatic carbocycles. The maximum Gasteiger partial charge on any atom is 0.206 e. The highest BCUT2D eigenvalue weighted by Gasteiger charge is 2.11. The maximum atomic E-state index is 11.2. The summed E-state index contributed by atoms with van der Waals surface area (Å²) in [6, 6.07) is 16.3. The predicted octanol–water partition coefficient (Wildman–Crippen LogP) is 2.15. The summed E-state index contributed by atoms with van der Waals surface area (Å²) in [5.41, 5.74) is 2.42. The normalized spacial score (nSPS) is 10.2. The van der Waals surface area contributed by atoms with E-state index in [-0.39, 0.29) is 5.78 Å². The van der Waals surface area contributed by atoms with Crippen LogP contribution in [-0.2, 0) is 17.8 Å². The fraction of sp³-hybridized carbons (Fsp3) is 0.200. The summed E-state index contributed by atoms with van der Waals surface area (Å²) in [6.45, 7) is 2.06. The zero-order valence-electron chi connectivity index (χ0n) is 9.97. The van der Waals surface area contributed by atoms with Crippen LogP contribution in [0, 0.1) is 0 Å². The molecule has 0 saturated carbocycles. The van der Waals surface area contributed by atoms with Crippen molar-refractivity contribution in [3.05, 3.63) is 66.0 Å². The van der Waals surface area contributed by atoms with Crippen LogP contribution in [0.3, 0.4) is 0 Å². The van der Waals surface area contributed by atoms with Crippen molar-refractivity contribution in [1.82, 2.24) is 0 Å². The van der Waals surface area contributed by atoms with Gasteiger partial charge in [-0.05, 0) is 5.56 Å². The summed E-state index contributed by atoms with van der Waals surface area (Å²) in [5, 5.41) is 0. The molecule has 0 amide bonds. The smallest absolute Gasteiger partial charge is 0.206 e. The first-order chi connectivity index (χ1) is 8.25. The molecule has 0 unspecified atom stereocenters. The van der Waals surface area contributed by atoms with E-state index < -0.39 is 0 Å². The van der Waals surface area contributed by atoms with Gasteiger partial charge in [-0.3, -0.25) is 4.79 Å². The highest BCUT2D eigenvalue weighted by Crippen LogP contribution is 2.05. The van der Waals surface area contributed by atoms with Crippen LogP contribution in [0.5, 0.6) is 0 Å². The van der Waals surface area contributed by atoms with Crippen LogP contribution in [0.1, 0.15) is 18.2 Å². The molecule has 17 heavy (non-hydrogen) atoms. The van der Waals surface area contributed by atoms with Crippen molar-refractivity contribution in [3.8, 4) is 0 Å². The van der Waals surface area contributed by atoms with Gasteiger partial charge in [-0.25, -0.2) is 0 Å². The van der Waals surface area contributed by atoms with Gasteiger partial charge in [0.15, 0.2) is 17.7 Å². The Hall–Kier alpha value is -1.96. The molecule has 0 atom stereocenters. The van der Waals surface area contributed by atoms with Gasteiger partial charge in [-0.15, -0.1) is 0 Å². The van der Waals surface area contributed by atoms with Gasteiger partial charge in [0.1, 0.15) is 0 Å². The lowest BCUT2D eigenvalue weighted by molar-refractivity contribution is -0.691.